The smallest absolute Gasteiger partial charge is 0.322 e. The molecule has 1 saturated heterocycles. The summed E-state index contributed by atoms with van der Waals surface area (Å²) in [6.45, 7) is 2.18. The van der Waals surface area contributed by atoms with Crippen molar-refractivity contribution in [3.05, 3.63) is 35.3 Å². The first kappa shape index (κ1) is 17.1. The molecule has 128 valence electrons. The highest BCUT2D eigenvalue weighted by molar-refractivity contribution is 8.01. The molecule has 1 aliphatic heterocycles. The van der Waals surface area contributed by atoms with Crippen LogP contribution < -0.4 is 10.1 Å². The van der Waals surface area contributed by atoms with E-state index in [1.165, 1.54) is 11.3 Å². The maximum Gasteiger partial charge on any atom is 0.322 e. The third kappa shape index (κ3) is 4.02. The van der Waals surface area contributed by atoms with E-state index < -0.39 is 0 Å². The van der Waals surface area contributed by atoms with Crippen LogP contribution in [0.2, 0.25) is 0 Å². The minimum Gasteiger partial charge on any atom is -0.497 e. The highest BCUT2D eigenvalue weighted by Gasteiger charge is 2.38. The van der Waals surface area contributed by atoms with E-state index >= 15 is 0 Å². The molecule has 1 atom stereocenters. The van der Waals surface area contributed by atoms with Gasteiger partial charge in [0, 0.05) is 11.1 Å². The average molecular weight is 364 g/mol. The van der Waals surface area contributed by atoms with Crippen molar-refractivity contribution < 1.29 is 14.3 Å². The van der Waals surface area contributed by atoms with Gasteiger partial charge in [0.05, 0.1) is 12.8 Å². The SMILES string of the molecule is COc1ccc(Nc2nc(COC(=O)C3(C)CCCS3)cs2)cc1. The van der Waals surface area contributed by atoms with Crippen LogP contribution in [-0.4, -0.2) is 28.6 Å². The zero-order valence-electron chi connectivity index (χ0n) is 13.7. The molecule has 1 fully saturated rings. The van der Waals surface area contributed by atoms with E-state index in [0.29, 0.717) is 0 Å². The molecule has 0 amide bonds. The Morgan fingerprint density at radius 2 is 2.17 bits per heavy atom. The van der Waals surface area contributed by atoms with Crippen LogP contribution in [0.3, 0.4) is 0 Å². The Bertz CT molecular complexity index is 694. The van der Waals surface area contributed by atoms with E-state index in [0.717, 1.165) is 40.9 Å². The molecule has 0 aliphatic carbocycles. The molecule has 0 saturated carbocycles. The van der Waals surface area contributed by atoms with Crippen LogP contribution in [0.25, 0.3) is 0 Å². The van der Waals surface area contributed by atoms with Crippen molar-refractivity contribution in [2.75, 3.05) is 18.2 Å². The lowest BCUT2D eigenvalue weighted by Crippen LogP contribution is -2.30. The van der Waals surface area contributed by atoms with Gasteiger partial charge in [-0.3, -0.25) is 4.79 Å². The van der Waals surface area contributed by atoms with Gasteiger partial charge in [0.15, 0.2) is 5.13 Å². The van der Waals surface area contributed by atoms with Gasteiger partial charge in [-0.15, -0.1) is 23.1 Å². The van der Waals surface area contributed by atoms with Crippen LogP contribution >= 0.6 is 23.1 Å². The molecule has 3 rings (SSSR count). The number of benzene rings is 1. The van der Waals surface area contributed by atoms with Crippen molar-refractivity contribution in [2.24, 2.45) is 0 Å². The summed E-state index contributed by atoms with van der Waals surface area (Å²) < 4.78 is 10.2. The molecule has 2 heterocycles. The van der Waals surface area contributed by atoms with Gasteiger partial charge in [-0.05, 0) is 49.8 Å². The summed E-state index contributed by atoms with van der Waals surface area (Å²) in [6, 6.07) is 7.63. The summed E-state index contributed by atoms with van der Waals surface area (Å²) >= 11 is 3.17. The van der Waals surface area contributed by atoms with Gasteiger partial charge in [-0.25, -0.2) is 4.98 Å². The second-order valence-electron chi connectivity index (χ2n) is 5.76. The Morgan fingerprint density at radius 3 is 2.83 bits per heavy atom. The number of nitrogens with zero attached hydrogens (tertiary/aromatic N) is 1. The molecular weight excluding hydrogens is 344 g/mol. The molecule has 1 unspecified atom stereocenters. The molecule has 1 aliphatic rings. The standard InChI is InChI=1S/C17H20N2O3S2/c1-17(8-3-9-24-17)15(20)22-10-13-11-23-16(19-13)18-12-4-6-14(21-2)7-5-12/h4-7,11H,3,8-10H2,1-2H3,(H,18,19). The van der Waals surface area contributed by atoms with E-state index in [-0.39, 0.29) is 17.3 Å². The van der Waals surface area contributed by atoms with Crippen molar-refractivity contribution in [1.29, 1.82) is 0 Å². The molecule has 0 radical (unpaired) electrons. The number of thiazole rings is 1. The average Bonchev–Trinajstić information content (AvgIpc) is 3.23. The Labute approximate surface area is 149 Å². The van der Waals surface area contributed by atoms with E-state index in [1.54, 1.807) is 18.9 Å². The third-order valence-corrected chi connectivity index (χ3v) is 6.20. The summed E-state index contributed by atoms with van der Waals surface area (Å²) in [4.78, 5) is 16.7. The first-order valence-corrected chi connectivity index (χ1v) is 9.62. The number of esters is 1. The van der Waals surface area contributed by atoms with E-state index in [4.69, 9.17) is 9.47 Å². The Morgan fingerprint density at radius 1 is 1.38 bits per heavy atom. The fraction of sp³-hybridized carbons (Fsp3) is 0.412. The quantitative estimate of drug-likeness (QED) is 0.774. The first-order valence-electron chi connectivity index (χ1n) is 7.76. The number of aromatic nitrogens is 1. The highest BCUT2D eigenvalue weighted by atomic mass is 32.2. The molecule has 0 spiro atoms. The van der Waals surface area contributed by atoms with Crippen LogP contribution in [0.5, 0.6) is 5.75 Å². The lowest BCUT2D eigenvalue weighted by Gasteiger charge is -2.19. The Hall–Kier alpha value is -1.73. The summed E-state index contributed by atoms with van der Waals surface area (Å²) in [5, 5.41) is 5.91. The summed E-state index contributed by atoms with van der Waals surface area (Å²) in [7, 11) is 1.64. The third-order valence-electron chi connectivity index (χ3n) is 3.89. The molecule has 0 bridgehead atoms. The molecular formula is C17H20N2O3S2. The number of ether oxygens (including phenoxy) is 2. The fourth-order valence-corrected chi connectivity index (χ4v) is 4.38. The number of nitrogens with one attached hydrogen (secondary N) is 1. The van der Waals surface area contributed by atoms with Crippen molar-refractivity contribution in [3.63, 3.8) is 0 Å². The minimum atomic E-state index is -0.389. The molecule has 5 nitrogen and oxygen atoms in total. The van der Waals surface area contributed by atoms with Crippen LogP contribution in [-0.2, 0) is 16.1 Å². The second kappa shape index (κ2) is 7.44. The summed E-state index contributed by atoms with van der Waals surface area (Å²) in [5.41, 5.74) is 1.69. The number of carbonyl (C=O) groups is 1. The lowest BCUT2D eigenvalue weighted by atomic mass is 10.1. The Kier molecular flexibility index (Phi) is 5.30. The predicted molar refractivity (Wildman–Crippen MR) is 98.3 cm³/mol. The fourth-order valence-electron chi connectivity index (χ4n) is 2.46. The zero-order valence-corrected chi connectivity index (χ0v) is 15.3. The second-order valence-corrected chi connectivity index (χ2v) is 8.21. The van der Waals surface area contributed by atoms with Crippen LogP contribution in [0.15, 0.2) is 29.6 Å². The van der Waals surface area contributed by atoms with Gasteiger partial charge in [0.2, 0.25) is 0 Å². The van der Waals surface area contributed by atoms with E-state index in [9.17, 15) is 4.79 Å². The highest BCUT2D eigenvalue weighted by Crippen LogP contribution is 2.38. The van der Waals surface area contributed by atoms with Gasteiger partial charge >= 0.3 is 5.97 Å². The van der Waals surface area contributed by atoms with E-state index in [1.807, 2.05) is 36.6 Å². The number of hydrogen-bond acceptors (Lipinski definition) is 7. The number of hydrogen-bond donors (Lipinski definition) is 1. The normalized spacial score (nSPS) is 19.9. The number of methoxy groups -OCH3 is 1. The molecule has 24 heavy (non-hydrogen) atoms. The van der Waals surface area contributed by atoms with Crippen molar-refractivity contribution in [2.45, 2.75) is 31.1 Å². The first-order chi connectivity index (χ1) is 11.6. The van der Waals surface area contributed by atoms with Crippen molar-refractivity contribution in [1.82, 2.24) is 4.98 Å². The summed E-state index contributed by atoms with van der Waals surface area (Å²) in [6.07, 6.45) is 1.96. The van der Waals surface area contributed by atoms with Crippen molar-refractivity contribution >= 4 is 39.9 Å². The number of carbonyl (C=O) groups excluding carboxylic acids is 1. The molecule has 2 aromatic rings. The molecule has 7 heteroatoms. The molecule has 1 aromatic heterocycles. The lowest BCUT2D eigenvalue weighted by molar-refractivity contribution is -0.147. The number of anilines is 2. The van der Waals surface area contributed by atoms with Gasteiger partial charge in [-0.1, -0.05) is 0 Å². The number of rotatable bonds is 6. The van der Waals surface area contributed by atoms with Gasteiger partial charge < -0.3 is 14.8 Å². The number of thioether (sulfide) groups is 1. The zero-order chi connectivity index (χ0) is 17.0. The molecule has 1 aromatic carbocycles. The van der Waals surface area contributed by atoms with Crippen molar-refractivity contribution in [3.8, 4) is 5.75 Å². The monoisotopic (exact) mass is 364 g/mol. The maximum absolute atomic E-state index is 12.2. The largest absolute Gasteiger partial charge is 0.497 e. The molecule has 1 N–H and O–H groups in total. The maximum atomic E-state index is 12.2. The van der Waals surface area contributed by atoms with Crippen LogP contribution in [0.1, 0.15) is 25.5 Å². The van der Waals surface area contributed by atoms with Crippen LogP contribution in [0, 0.1) is 0 Å². The summed E-state index contributed by atoms with van der Waals surface area (Å²) in [5.74, 6) is 1.70. The van der Waals surface area contributed by atoms with Crippen LogP contribution in [0.4, 0.5) is 10.8 Å². The van der Waals surface area contributed by atoms with Gasteiger partial charge in [-0.2, -0.15) is 0 Å². The Balaban J connectivity index is 1.54. The van der Waals surface area contributed by atoms with E-state index in [2.05, 4.69) is 10.3 Å². The topological polar surface area (TPSA) is 60.4 Å². The van der Waals surface area contributed by atoms with Gasteiger partial charge in [0.25, 0.3) is 0 Å². The predicted octanol–water partition coefficient (Wildman–Crippen LogP) is 4.22. The minimum absolute atomic E-state index is 0.136. The van der Waals surface area contributed by atoms with Gasteiger partial charge in [0.1, 0.15) is 17.1 Å².